The molecule has 0 saturated heterocycles. The van der Waals surface area contributed by atoms with E-state index in [1.54, 1.807) is 0 Å². The van der Waals surface area contributed by atoms with Gasteiger partial charge in [0.15, 0.2) is 0 Å². The molecule has 3 nitrogen and oxygen atoms in total. The maximum absolute atomic E-state index is 13.1. The third kappa shape index (κ3) is 5.11. The van der Waals surface area contributed by atoms with Crippen LogP contribution in [0.1, 0.15) is 32.1 Å². The average molecular weight is 400 g/mol. The molecule has 0 unspecified atom stereocenters. The maximum atomic E-state index is 13.1. The molecule has 1 aromatic carbocycles. The minimum atomic E-state index is -3.58. The standard InChI is InChI=1S/C14H17BrClFO3S/c15-12-8-11(17)4-5-13(12)20-9-14(10-21(16,18)19)6-2-1-3-7-14/h4-5,8H,1-3,6-7,9-10H2. The van der Waals surface area contributed by atoms with Crippen LogP contribution in [0.2, 0.25) is 0 Å². The van der Waals surface area contributed by atoms with E-state index < -0.39 is 14.5 Å². The number of benzene rings is 1. The van der Waals surface area contributed by atoms with Gasteiger partial charge < -0.3 is 4.74 Å². The van der Waals surface area contributed by atoms with E-state index in [1.807, 2.05) is 0 Å². The fourth-order valence-corrected chi connectivity index (χ4v) is 5.08. The van der Waals surface area contributed by atoms with Gasteiger partial charge in [0.05, 0.1) is 16.8 Å². The van der Waals surface area contributed by atoms with E-state index >= 15 is 0 Å². The molecule has 21 heavy (non-hydrogen) atoms. The van der Waals surface area contributed by atoms with E-state index in [0.717, 1.165) is 32.1 Å². The second kappa shape index (κ2) is 6.84. The van der Waals surface area contributed by atoms with Gasteiger partial charge in [-0.1, -0.05) is 19.3 Å². The Hall–Kier alpha value is -0.330. The molecule has 1 aliphatic rings. The summed E-state index contributed by atoms with van der Waals surface area (Å²) >= 11 is 3.24. The molecule has 1 aromatic rings. The number of hydrogen-bond acceptors (Lipinski definition) is 3. The summed E-state index contributed by atoms with van der Waals surface area (Å²) in [5, 5.41) is 0. The van der Waals surface area contributed by atoms with Crippen molar-refractivity contribution in [2.75, 3.05) is 12.4 Å². The number of halogens is 3. The van der Waals surface area contributed by atoms with Gasteiger partial charge in [-0.25, -0.2) is 12.8 Å². The van der Waals surface area contributed by atoms with Crippen LogP contribution in [0.4, 0.5) is 4.39 Å². The molecule has 0 aromatic heterocycles. The van der Waals surface area contributed by atoms with Crippen molar-refractivity contribution in [2.45, 2.75) is 32.1 Å². The van der Waals surface area contributed by atoms with Crippen molar-refractivity contribution in [1.82, 2.24) is 0 Å². The van der Waals surface area contributed by atoms with Crippen molar-refractivity contribution in [2.24, 2.45) is 5.41 Å². The highest BCUT2D eigenvalue weighted by molar-refractivity contribution is 9.10. The Labute approximate surface area is 137 Å². The van der Waals surface area contributed by atoms with Crippen LogP contribution in [0.5, 0.6) is 5.75 Å². The smallest absolute Gasteiger partial charge is 0.233 e. The Bertz CT molecular complexity index is 600. The summed E-state index contributed by atoms with van der Waals surface area (Å²) in [5.41, 5.74) is -0.452. The average Bonchev–Trinajstić information content (AvgIpc) is 2.37. The van der Waals surface area contributed by atoms with Crippen molar-refractivity contribution in [3.63, 3.8) is 0 Å². The molecule has 1 aliphatic carbocycles. The molecule has 2 rings (SSSR count). The molecule has 0 aliphatic heterocycles. The zero-order valence-corrected chi connectivity index (χ0v) is 14.6. The van der Waals surface area contributed by atoms with E-state index in [1.165, 1.54) is 18.2 Å². The Balaban J connectivity index is 2.12. The van der Waals surface area contributed by atoms with Gasteiger partial charge in [-0.05, 0) is 47.0 Å². The molecule has 0 bridgehead atoms. The van der Waals surface area contributed by atoms with E-state index in [-0.39, 0.29) is 18.2 Å². The Morgan fingerprint density at radius 3 is 2.52 bits per heavy atom. The molecule has 0 amide bonds. The van der Waals surface area contributed by atoms with Crippen LogP contribution < -0.4 is 4.74 Å². The van der Waals surface area contributed by atoms with Gasteiger partial charge in [0.25, 0.3) is 0 Å². The highest BCUT2D eigenvalue weighted by Crippen LogP contribution is 2.39. The second-order valence-corrected chi connectivity index (χ2v) is 9.24. The molecule has 0 spiro atoms. The van der Waals surface area contributed by atoms with Gasteiger partial charge in [-0.3, -0.25) is 0 Å². The first kappa shape index (κ1) is 17.0. The van der Waals surface area contributed by atoms with Crippen molar-refractivity contribution in [3.05, 3.63) is 28.5 Å². The molecule has 118 valence electrons. The van der Waals surface area contributed by atoms with Crippen LogP contribution in [-0.4, -0.2) is 20.8 Å². The summed E-state index contributed by atoms with van der Waals surface area (Å²) in [6, 6.07) is 4.16. The lowest BCUT2D eigenvalue weighted by Gasteiger charge is -2.36. The minimum Gasteiger partial charge on any atom is -0.492 e. The van der Waals surface area contributed by atoms with E-state index in [9.17, 15) is 12.8 Å². The molecule has 0 heterocycles. The van der Waals surface area contributed by atoms with Gasteiger partial charge in [0, 0.05) is 16.1 Å². The predicted molar refractivity (Wildman–Crippen MR) is 84.8 cm³/mol. The predicted octanol–water partition coefficient (Wildman–Crippen LogP) is 4.49. The highest BCUT2D eigenvalue weighted by Gasteiger charge is 2.37. The summed E-state index contributed by atoms with van der Waals surface area (Å²) in [6.07, 6.45) is 4.60. The quantitative estimate of drug-likeness (QED) is 0.685. The minimum absolute atomic E-state index is 0.0830. The van der Waals surface area contributed by atoms with Gasteiger partial charge >= 0.3 is 0 Å². The van der Waals surface area contributed by atoms with Gasteiger partial charge in [-0.15, -0.1) is 0 Å². The molecule has 0 atom stereocenters. The topological polar surface area (TPSA) is 43.4 Å². The zero-order valence-electron chi connectivity index (χ0n) is 11.4. The lowest BCUT2D eigenvalue weighted by Crippen LogP contribution is -2.36. The highest BCUT2D eigenvalue weighted by atomic mass is 79.9. The fourth-order valence-electron chi connectivity index (χ4n) is 2.82. The summed E-state index contributed by atoms with van der Waals surface area (Å²) < 4.78 is 42.3. The van der Waals surface area contributed by atoms with Crippen LogP contribution in [0.15, 0.2) is 22.7 Å². The van der Waals surface area contributed by atoms with Gasteiger partial charge in [0.1, 0.15) is 11.6 Å². The van der Waals surface area contributed by atoms with Crippen LogP contribution in [0.25, 0.3) is 0 Å². The molecule has 1 saturated carbocycles. The van der Waals surface area contributed by atoms with Crippen LogP contribution in [-0.2, 0) is 9.05 Å². The summed E-state index contributed by atoms with van der Waals surface area (Å²) in [5.74, 6) is 0.0682. The molecule has 0 N–H and O–H groups in total. The van der Waals surface area contributed by atoms with E-state index in [2.05, 4.69) is 15.9 Å². The van der Waals surface area contributed by atoms with Crippen molar-refractivity contribution < 1.29 is 17.5 Å². The first-order valence-electron chi connectivity index (χ1n) is 6.80. The monoisotopic (exact) mass is 398 g/mol. The SMILES string of the molecule is O=S(=O)(Cl)CC1(COc2ccc(F)cc2Br)CCCCC1. The maximum Gasteiger partial charge on any atom is 0.233 e. The van der Waals surface area contributed by atoms with Gasteiger partial charge in [0.2, 0.25) is 9.05 Å². The molecule has 7 heteroatoms. The third-order valence-electron chi connectivity index (χ3n) is 3.82. The normalized spacial score (nSPS) is 18.4. The molecular weight excluding hydrogens is 383 g/mol. The molecular formula is C14H17BrClFO3S. The molecule has 1 fully saturated rings. The Morgan fingerprint density at radius 1 is 1.29 bits per heavy atom. The largest absolute Gasteiger partial charge is 0.492 e. The van der Waals surface area contributed by atoms with Crippen LogP contribution >= 0.6 is 26.6 Å². The van der Waals surface area contributed by atoms with Crippen molar-refractivity contribution in [3.8, 4) is 5.75 Å². The lowest BCUT2D eigenvalue weighted by atomic mass is 9.76. The van der Waals surface area contributed by atoms with Crippen molar-refractivity contribution >= 4 is 35.7 Å². The first-order valence-corrected chi connectivity index (χ1v) is 10.1. The zero-order chi connectivity index (χ0) is 15.5. The summed E-state index contributed by atoms with van der Waals surface area (Å²) in [7, 11) is 1.86. The third-order valence-corrected chi connectivity index (χ3v) is 5.72. The first-order chi connectivity index (χ1) is 9.80. The number of rotatable bonds is 5. The second-order valence-electron chi connectivity index (χ2n) is 5.61. The number of ether oxygens (including phenoxy) is 1. The van der Waals surface area contributed by atoms with Crippen molar-refractivity contribution in [1.29, 1.82) is 0 Å². The fraction of sp³-hybridized carbons (Fsp3) is 0.571. The number of hydrogen-bond donors (Lipinski definition) is 0. The van der Waals surface area contributed by atoms with E-state index in [0.29, 0.717) is 10.2 Å². The Kier molecular flexibility index (Phi) is 5.54. The van der Waals surface area contributed by atoms with Gasteiger partial charge in [-0.2, -0.15) is 0 Å². The van der Waals surface area contributed by atoms with Crippen LogP contribution in [0, 0.1) is 11.2 Å². The van der Waals surface area contributed by atoms with E-state index in [4.69, 9.17) is 15.4 Å². The summed E-state index contributed by atoms with van der Waals surface area (Å²) in [4.78, 5) is 0. The Morgan fingerprint density at radius 2 is 1.95 bits per heavy atom. The molecule has 0 radical (unpaired) electrons. The summed E-state index contributed by atoms with van der Waals surface area (Å²) in [6.45, 7) is 0.267. The van der Waals surface area contributed by atoms with Crippen LogP contribution in [0.3, 0.4) is 0 Å². The lowest BCUT2D eigenvalue weighted by molar-refractivity contribution is 0.118.